The van der Waals surface area contributed by atoms with Crippen LogP contribution >= 0.6 is 17.2 Å². The first kappa shape index (κ1) is 14.7. The van der Waals surface area contributed by atoms with Gasteiger partial charge in [0.2, 0.25) is 0 Å². The van der Waals surface area contributed by atoms with E-state index >= 15 is 0 Å². The van der Waals surface area contributed by atoms with Crippen molar-refractivity contribution in [3.63, 3.8) is 0 Å². The zero-order valence-electron chi connectivity index (χ0n) is 10.5. The van der Waals surface area contributed by atoms with Gasteiger partial charge < -0.3 is 0 Å². The van der Waals surface area contributed by atoms with Gasteiger partial charge in [0, 0.05) is 0 Å². The van der Waals surface area contributed by atoms with E-state index in [0.29, 0.717) is 12.8 Å². The van der Waals surface area contributed by atoms with E-state index in [4.69, 9.17) is 11.2 Å². The predicted molar refractivity (Wildman–Crippen MR) is 73.6 cm³/mol. The van der Waals surface area contributed by atoms with Crippen molar-refractivity contribution in [3.05, 3.63) is 0 Å². The Bertz CT molecular complexity index is 213. The zero-order valence-corrected chi connectivity index (χ0v) is 12.2. The monoisotopic (exact) mass is 268 g/mol. The van der Waals surface area contributed by atoms with Gasteiger partial charge in [-0.05, 0) is 0 Å². The SMILES string of the molecule is CCCCP1(Cl)(CCCC)C(O)CCC1O. The van der Waals surface area contributed by atoms with Crippen molar-refractivity contribution in [2.75, 3.05) is 12.3 Å². The van der Waals surface area contributed by atoms with Gasteiger partial charge in [-0.2, -0.15) is 0 Å². The van der Waals surface area contributed by atoms with Crippen molar-refractivity contribution in [3.8, 4) is 0 Å². The second-order valence-corrected chi connectivity index (χ2v) is 13.0. The van der Waals surface area contributed by atoms with Crippen LogP contribution in [0.2, 0.25) is 0 Å². The van der Waals surface area contributed by atoms with Gasteiger partial charge in [-0.3, -0.25) is 0 Å². The van der Waals surface area contributed by atoms with Crippen LogP contribution in [0.25, 0.3) is 0 Å². The van der Waals surface area contributed by atoms with Crippen molar-refractivity contribution in [1.29, 1.82) is 0 Å². The van der Waals surface area contributed by atoms with Gasteiger partial charge in [0.25, 0.3) is 0 Å². The summed E-state index contributed by atoms with van der Waals surface area (Å²) in [7, 11) is 0. The number of rotatable bonds is 6. The molecule has 98 valence electrons. The second kappa shape index (κ2) is 5.52. The van der Waals surface area contributed by atoms with Crippen LogP contribution in [0.4, 0.5) is 0 Å². The van der Waals surface area contributed by atoms with E-state index in [0.717, 1.165) is 38.0 Å². The summed E-state index contributed by atoms with van der Waals surface area (Å²) in [4.78, 5) is 0. The second-order valence-electron chi connectivity index (χ2n) is 5.23. The summed E-state index contributed by atoms with van der Waals surface area (Å²) in [6.07, 6.45) is 7.30. The Morgan fingerprint density at radius 1 is 1.00 bits per heavy atom. The molecular weight excluding hydrogens is 243 g/mol. The minimum absolute atomic E-state index is 0.430. The van der Waals surface area contributed by atoms with Crippen LogP contribution < -0.4 is 0 Å². The first-order valence-electron chi connectivity index (χ1n) is 6.56. The number of aliphatic hydroxyl groups is 2. The number of unbranched alkanes of at least 4 members (excludes halogenated alkanes) is 2. The molecule has 1 saturated heterocycles. The predicted octanol–water partition coefficient (Wildman–Crippen LogP) is 3.72. The van der Waals surface area contributed by atoms with Gasteiger partial charge in [0.15, 0.2) is 0 Å². The summed E-state index contributed by atoms with van der Waals surface area (Å²) in [5.41, 5.74) is 0. The van der Waals surface area contributed by atoms with Gasteiger partial charge in [0.05, 0.1) is 0 Å². The van der Waals surface area contributed by atoms with Gasteiger partial charge in [-0.15, -0.1) is 0 Å². The van der Waals surface area contributed by atoms with Crippen LogP contribution in [-0.2, 0) is 0 Å². The average Bonchev–Trinajstić information content (AvgIpc) is 2.51. The molecule has 2 unspecified atom stereocenters. The van der Waals surface area contributed by atoms with Crippen LogP contribution in [0.5, 0.6) is 0 Å². The molecule has 0 aliphatic carbocycles. The molecule has 0 aromatic heterocycles. The van der Waals surface area contributed by atoms with Crippen LogP contribution in [0.15, 0.2) is 0 Å². The summed E-state index contributed by atoms with van der Waals surface area (Å²) < 4.78 is 0. The molecule has 16 heavy (non-hydrogen) atoms. The Kier molecular flexibility index (Phi) is 5.07. The van der Waals surface area contributed by atoms with E-state index in [9.17, 15) is 10.2 Å². The van der Waals surface area contributed by atoms with Gasteiger partial charge >= 0.3 is 104 Å². The van der Waals surface area contributed by atoms with Gasteiger partial charge in [-0.25, -0.2) is 0 Å². The van der Waals surface area contributed by atoms with Crippen molar-refractivity contribution >= 4 is 17.2 Å². The van der Waals surface area contributed by atoms with E-state index in [2.05, 4.69) is 13.8 Å². The summed E-state index contributed by atoms with van der Waals surface area (Å²) in [6, 6.07) is 0. The third-order valence-electron chi connectivity index (χ3n) is 4.12. The summed E-state index contributed by atoms with van der Waals surface area (Å²) >= 11 is 6.92. The number of aliphatic hydroxyl groups excluding tert-OH is 2. The van der Waals surface area contributed by atoms with Gasteiger partial charge in [-0.1, -0.05) is 0 Å². The first-order valence-corrected chi connectivity index (χ1v) is 10.2. The Labute approximate surface area is 104 Å². The van der Waals surface area contributed by atoms with E-state index in [1.54, 1.807) is 0 Å². The fourth-order valence-corrected chi connectivity index (χ4v) is 9.53. The van der Waals surface area contributed by atoms with Crippen molar-refractivity contribution < 1.29 is 10.2 Å². The third-order valence-corrected chi connectivity index (χ3v) is 12.5. The molecule has 2 atom stereocenters. The van der Waals surface area contributed by atoms with Crippen LogP contribution in [0, 0.1) is 0 Å². The molecule has 0 radical (unpaired) electrons. The molecule has 1 aliphatic heterocycles. The molecule has 0 aromatic carbocycles. The van der Waals surface area contributed by atoms with Crippen molar-refractivity contribution in [1.82, 2.24) is 0 Å². The Hall–Kier alpha value is 0.640. The first-order chi connectivity index (χ1) is 7.48. The quantitative estimate of drug-likeness (QED) is 0.721. The average molecular weight is 269 g/mol. The number of halogens is 1. The van der Waals surface area contributed by atoms with E-state index < -0.39 is 17.6 Å². The fraction of sp³-hybridized carbons (Fsp3) is 1.00. The molecule has 1 heterocycles. The fourth-order valence-electron chi connectivity index (χ4n) is 2.84. The molecule has 0 amide bonds. The van der Waals surface area contributed by atoms with E-state index in [-0.39, 0.29) is 0 Å². The molecule has 2 N–H and O–H groups in total. The molecular formula is C12H26ClO2P. The molecule has 0 aromatic rings. The van der Waals surface area contributed by atoms with Gasteiger partial charge in [0.1, 0.15) is 0 Å². The van der Waals surface area contributed by atoms with E-state index in [1.807, 2.05) is 0 Å². The Balaban J connectivity index is 2.89. The minimum atomic E-state index is -2.78. The molecule has 1 fully saturated rings. The van der Waals surface area contributed by atoms with E-state index in [1.165, 1.54) is 0 Å². The Morgan fingerprint density at radius 2 is 1.38 bits per heavy atom. The standard InChI is InChI=1S/C12H26ClO2P/c1-3-5-9-16(13,10-6-4-2)11(14)7-8-12(16)15/h11-12,14-15H,3-10H2,1-2H3. The zero-order chi connectivity index (χ0) is 12.3. The molecule has 0 bridgehead atoms. The molecule has 1 aliphatic rings. The summed E-state index contributed by atoms with van der Waals surface area (Å²) in [5.74, 6) is -3.64. The maximum absolute atomic E-state index is 10.3. The summed E-state index contributed by atoms with van der Waals surface area (Å²) in [6.45, 7) is 4.27. The third kappa shape index (κ3) is 2.41. The number of hydrogen-bond acceptors (Lipinski definition) is 2. The van der Waals surface area contributed by atoms with Crippen LogP contribution in [0.1, 0.15) is 52.4 Å². The van der Waals surface area contributed by atoms with Crippen LogP contribution in [-0.4, -0.2) is 34.2 Å². The molecule has 0 spiro atoms. The molecule has 0 saturated carbocycles. The molecule has 2 nitrogen and oxygen atoms in total. The molecule has 4 heteroatoms. The topological polar surface area (TPSA) is 40.5 Å². The number of hydrogen-bond donors (Lipinski definition) is 2. The van der Waals surface area contributed by atoms with Crippen LogP contribution in [0.3, 0.4) is 0 Å². The van der Waals surface area contributed by atoms with Crippen molar-refractivity contribution in [2.24, 2.45) is 0 Å². The molecule has 1 rings (SSSR count). The maximum atomic E-state index is 10.3. The van der Waals surface area contributed by atoms with Crippen molar-refractivity contribution in [2.45, 2.75) is 64.1 Å². The summed E-state index contributed by atoms with van der Waals surface area (Å²) in [5, 5.41) is 20.6. The Morgan fingerprint density at radius 3 is 1.69 bits per heavy atom. The normalized spacial score (nSPS) is 34.4.